The summed E-state index contributed by atoms with van der Waals surface area (Å²) in [6.07, 6.45) is 23.2. The van der Waals surface area contributed by atoms with Crippen molar-refractivity contribution in [2.45, 2.75) is 64.2 Å². The van der Waals surface area contributed by atoms with E-state index in [1.165, 1.54) is 51.8 Å². The van der Waals surface area contributed by atoms with Gasteiger partial charge in [-0.25, -0.2) is 0 Å². The van der Waals surface area contributed by atoms with E-state index < -0.39 is 10.8 Å². The van der Waals surface area contributed by atoms with E-state index in [2.05, 4.69) is 226 Å². The van der Waals surface area contributed by atoms with Gasteiger partial charge in [-0.05, 0) is 188 Å². The van der Waals surface area contributed by atoms with Crippen molar-refractivity contribution in [3.63, 3.8) is 0 Å². The van der Waals surface area contributed by atoms with Crippen molar-refractivity contribution in [2.24, 2.45) is 0 Å². The lowest BCUT2D eigenvalue weighted by atomic mass is 9.66. The molecule has 0 saturated carbocycles. The number of benzene rings is 8. The Morgan fingerprint density at radius 2 is 0.896 bits per heavy atom. The normalized spacial score (nSPS) is 14.6. The number of hydrogen-bond donors (Lipinski definition) is 0. The van der Waals surface area contributed by atoms with Gasteiger partial charge in [0.2, 0.25) is 0 Å². The predicted octanol–water partition coefficient (Wildman–Crippen LogP) is 15.0. The Balaban J connectivity index is 1.16. The van der Waals surface area contributed by atoms with Gasteiger partial charge >= 0.3 is 0 Å². The summed E-state index contributed by atoms with van der Waals surface area (Å²) in [5.74, 6) is 25.7. The smallest absolute Gasteiger partial charge is 0.140 e. The first kappa shape index (κ1) is 50.4. The van der Waals surface area contributed by atoms with Crippen molar-refractivity contribution in [1.29, 1.82) is 0 Å². The monoisotopic (exact) mass is 992 g/mol. The summed E-state index contributed by atoms with van der Waals surface area (Å²) in [7, 11) is 0. The van der Waals surface area contributed by atoms with Crippen molar-refractivity contribution in [2.75, 3.05) is 6.61 Å². The molecule has 2 atom stereocenters. The summed E-state index contributed by atoms with van der Waals surface area (Å²) >= 11 is 0. The molecule has 0 aliphatic heterocycles. The van der Waals surface area contributed by atoms with Crippen LogP contribution in [0.1, 0.15) is 95.2 Å². The van der Waals surface area contributed by atoms with E-state index in [1.54, 1.807) is 6.92 Å². The molecular formula is C73H52O4. The zero-order chi connectivity index (χ0) is 53.2. The Hall–Kier alpha value is -10.1. The van der Waals surface area contributed by atoms with Gasteiger partial charge in [-0.1, -0.05) is 147 Å². The van der Waals surface area contributed by atoms with Gasteiger partial charge < -0.3 is 18.9 Å². The van der Waals surface area contributed by atoms with Crippen LogP contribution in [-0.2, 0) is 10.8 Å². The van der Waals surface area contributed by atoms with Crippen LogP contribution in [0, 0.1) is 98.3 Å². The lowest BCUT2D eigenvalue weighted by Crippen LogP contribution is -2.29. The molecule has 0 bridgehead atoms. The van der Waals surface area contributed by atoms with Crippen LogP contribution >= 0.6 is 0 Å². The summed E-state index contributed by atoms with van der Waals surface area (Å²) in [6.45, 7) is 9.02. The second kappa shape index (κ2) is 22.6. The summed E-state index contributed by atoms with van der Waals surface area (Å²) in [5.41, 5.74) is 16.7. The molecular weight excluding hydrogens is 941 g/mol. The van der Waals surface area contributed by atoms with Crippen LogP contribution in [0.4, 0.5) is 0 Å². The second-order valence-corrected chi connectivity index (χ2v) is 19.0. The Morgan fingerprint density at radius 3 is 1.42 bits per heavy atom. The first-order valence-electron chi connectivity index (χ1n) is 25.7. The first-order chi connectivity index (χ1) is 37.8. The lowest BCUT2D eigenvalue weighted by molar-refractivity contribution is 0.305. The standard InChI is InChI=1S/C73H52O4/c1-7-11-14-17-46-75-61-36-26-56(27-37-61)72(57-28-38-62(39-29-57)76-47-18-15-12-8-2)67-22-20-21-53(6)71(67)66-44-25-55(51-70(66)72)54-24-43-65-64-42-23-52(5)49-68(64)73(69(65)50-54,58-30-34-60(35-31-58)74-45-10-4)59-32-40-63(41-33-59)77-48-19-16-13-9-3/h1,3,20-44,49-51H,8,12,15,18,47H2,2,4-6H3. The molecule has 2 aliphatic carbocycles. The van der Waals surface area contributed by atoms with E-state index in [-0.39, 0.29) is 0 Å². The third kappa shape index (κ3) is 9.54. The van der Waals surface area contributed by atoms with Gasteiger partial charge in [0.1, 0.15) is 41.3 Å². The fourth-order valence-electron chi connectivity index (χ4n) is 11.2. The third-order valence-electron chi connectivity index (χ3n) is 14.5. The van der Waals surface area contributed by atoms with Crippen LogP contribution in [0.15, 0.2) is 170 Å². The molecule has 4 heteroatoms. The minimum absolute atomic E-state index is 0.585. The number of unbranched alkanes of at least 4 members (excludes halogenated alkanes) is 3. The van der Waals surface area contributed by atoms with Crippen LogP contribution in [-0.4, -0.2) is 6.61 Å². The molecule has 0 fully saturated rings. The summed E-state index contributed by atoms with van der Waals surface area (Å²) in [6, 6.07) is 60.8. The van der Waals surface area contributed by atoms with E-state index in [0.29, 0.717) is 23.9 Å². The molecule has 4 nitrogen and oxygen atoms in total. The largest absolute Gasteiger partial charge is 0.494 e. The molecule has 0 N–H and O–H groups in total. The maximum Gasteiger partial charge on any atom is 0.140 e. The molecule has 2 unspecified atom stereocenters. The number of hydrogen-bond acceptors (Lipinski definition) is 4. The van der Waals surface area contributed by atoms with E-state index in [1.807, 2.05) is 36.4 Å². The topological polar surface area (TPSA) is 36.9 Å². The van der Waals surface area contributed by atoms with Crippen molar-refractivity contribution < 1.29 is 18.9 Å². The number of terminal acetylenes is 2. The van der Waals surface area contributed by atoms with Crippen molar-refractivity contribution in [3.05, 3.63) is 225 Å². The molecule has 0 radical (unpaired) electrons. The van der Waals surface area contributed by atoms with Crippen LogP contribution < -0.4 is 18.9 Å². The van der Waals surface area contributed by atoms with Gasteiger partial charge in [-0.2, -0.15) is 0 Å². The molecule has 2 aliphatic rings. The Bertz CT molecular complexity index is 3970. The lowest BCUT2D eigenvalue weighted by Gasteiger charge is -2.35. The highest BCUT2D eigenvalue weighted by molar-refractivity contribution is 5.92. The fourth-order valence-corrected chi connectivity index (χ4v) is 11.2. The molecule has 0 heterocycles. The van der Waals surface area contributed by atoms with Crippen LogP contribution in [0.25, 0.3) is 33.4 Å². The van der Waals surface area contributed by atoms with E-state index in [0.717, 1.165) is 68.7 Å². The summed E-state index contributed by atoms with van der Waals surface area (Å²) in [4.78, 5) is 0. The van der Waals surface area contributed by atoms with Gasteiger partial charge in [-0.15, -0.1) is 12.8 Å². The summed E-state index contributed by atoms with van der Waals surface area (Å²) < 4.78 is 23.8. The van der Waals surface area contributed by atoms with Crippen LogP contribution in [0.3, 0.4) is 0 Å². The zero-order valence-electron chi connectivity index (χ0n) is 43.5. The van der Waals surface area contributed by atoms with Gasteiger partial charge in [-0.3, -0.25) is 0 Å². The maximum atomic E-state index is 6.34. The zero-order valence-corrected chi connectivity index (χ0v) is 43.5. The van der Waals surface area contributed by atoms with Crippen molar-refractivity contribution >= 4 is 0 Å². The highest BCUT2D eigenvalue weighted by Gasteiger charge is 2.48. The average molecular weight is 993 g/mol. The first-order valence-corrected chi connectivity index (χ1v) is 25.7. The van der Waals surface area contributed by atoms with E-state index >= 15 is 0 Å². The van der Waals surface area contributed by atoms with Gasteiger partial charge in [0, 0.05) is 30.6 Å². The summed E-state index contributed by atoms with van der Waals surface area (Å²) in [5, 5.41) is 0. The van der Waals surface area contributed by atoms with Gasteiger partial charge in [0.15, 0.2) is 0 Å². The minimum Gasteiger partial charge on any atom is -0.494 e. The fraction of sp³-hybridized carbons (Fsp3) is 0.151. The number of aryl methyl sites for hydroxylation is 2. The molecule has 0 aromatic heterocycles. The molecule has 368 valence electrons. The maximum absolute atomic E-state index is 6.34. The molecule has 77 heavy (non-hydrogen) atoms. The molecule has 8 aromatic rings. The Morgan fingerprint density at radius 1 is 0.429 bits per heavy atom. The Labute approximate surface area is 453 Å². The molecule has 8 aromatic carbocycles. The average Bonchev–Trinajstić information content (AvgIpc) is 4.18. The van der Waals surface area contributed by atoms with E-state index in [4.69, 9.17) is 31.8 Å². The predicted molar refractivity (Wildman–Crippen MR) is 310 cm³/mol. The molecule has 0 saturated heterocycles. The van der Waals surface area contributed by atoms with Crippen LogP contribution in [0.5, 0.6) is 23.0 Å². The molecule has 10 rings (SSSR count). The van der Waals surface area contributed by atoms with Gasteiger partial charge in [0.05, 0.1) is 17.4 Å². The number of ether oxygens (including phenoxy) is 4. The third-order valence-corrected chi connectivity index (χ3v) is 14.5. The minimum atomic E-state index is -0.764. The molecule has 0 amide bonds. The highest BCUT2D eigenvalue weighted by Crippen LogP contribution is 2.60. The Kier molecular flexibility index (Phi) is 14.8. The number of fused-ring (bicyclic) bond motifs is 6. The quantitative estimate of drug-likeness (QED) is 0.0804. The van der Waals surface area contributed by atoms with E-state index in [9.17, 15) is 0 Å². The van der Waals surface area contributed by atoms with Crippen LogP contribution in [0.2, 0.25) is 0 Å². The number of rotatable bonds is 14. The second-order valence-electron chi connectivity index (χ2n) is 19.0. The highest BCUT2D eigenvalue weighted by atomic mass is 16.5. The van der Waals surface area contributed by atoms with Crippen molar-refractivity contribution in [3.8, 4) is 141 Å². The van der Waals surface area contributed by atoms with Crippen molar-refractivity contribution in [1.82, 2.24) is 0 Å². The molecule has 0 spiro atoms. The SMILES string of the molecule is C#CC#CC#COc1ccc(C2(c3ccc(OC#CC)cc3)c3cc(C)ccc3-c3ccc(-c4ccc5c(c4)C(c4ccc(OC#CC#CC#C)cc4)(c4ccc(OCCCCCC)cc4)c4cccc(C)c4-5)cc32)cc1. The van der Waals surface area contributed by atoms with Gasteiger partial charge in [0.25, 0.3) is 0 Å².